The third-order valence-electron chi connectivity index (χ3n) is 3.73. The molecule has 94 valence electrons. The molecule has 0 radical (unpaired) electrons. The molecule has 0 spiro atoms. The quantitative estimate of drug-likeness (QED) is 0.801. The lowest BCUT2D eigenvalue weighted by molar-refractivity contribution is -0.150. The van der Waals surface area contributed by atoms with E-state index in [1.807, 2.05) is 19.6 Å². The first kappa shape index (κ1) is 12.1. The molecule has 2 unspecified atom stereocenters. The summed E-state index contributed by atoms with van der Waals surface area (Å²) in [5.74, 6) is -0.162. The Kier molecular flexibility index (Phi) is 3.47. The Morgan fingerprint density at radius 1 is 1.65 bits per heavy atom. The summed E-state index contributed by atoms with van der Waals surface area (Å²) in [6.45, 7) is 0. The average Bonchev–Trinajstić information content (AvgIpc) is 2.91. The summed E-state index contributed by atoms with van der Waals surface area (Å²) in [5.41, 5.74) is -0.540. The summed E-state index contributed by atoms with van der Waals surface area (Å²) >= 11 is 0. The van der Waals surface area contributed by atoms with Crippen LogP contribution in [0.4, 0.5) is 0 Å². The van der Waals surface area contributed by atoms with E-state index in [9.17, 15) is 4.79 Å². The van der Waals surface area contributed by atoms with Crippen LogP contribution in [0, 0.1) is 0 Å². The van der Waals surface area contributed by atoms with Crippen LogP contribution in [-0.2, 0) is 9.53 Å². The number of carbonyl (C=O) groups excluding carboxylic acids is 1. The molecule has 5 heteroatoms. The molecule has 0 aliphatic heterocycles. The molecule has 1 heterocycles. The van der Waals surface area contributed by atoms with Crippen LogP contribution >= 0.6 is 0 Å². The van der Waals surface area contributed by atoms with Crippen molar-refractivity contribution in [1.29, 1.82) is 0 Å². The van der Waals surface area contributed by atoms with Crippen molar-refractivity contribution in [3.63, 3.8) is 0 Å². The number of rotatable bonds is 3. The van der Waals surface area contributed by atoms with Crippen LogP contribution in [0.25, 0.3) is 0 Å². The number of nitrogens with zero attached hydrogens (tertiary/aromatic N) is 2. The minimum absolute atomic E-state index is 0.162. The molecule has 0 saturated heterocycles. The van der Waals surface area contributed by atoms with Crippen LogP contribution in [-0.4, -0.2) is 35.2 Å². The number of nitrogens with one attached hydrogen (secondary N) is 1. The fourth-order valence-corrected chi connectivity index (χ4v) is 2.70. The number of likely N-dealkylation sites (N-methyl/N-ethyl adjacent to an activating group) is 1. The maximum absolute atomic E-state index is 11.9. The van der Waals surface area contributed by atoms with Crippen LogP contribution in [0.15, 0.2) is 18.7 Å². The van der Waals surface area contributed by atoms with Gasteiger partial charge in [-0.2, -0.15) is 0 Å². The highest BCUT2D eigenvalue weighted by atomic mass is 16.5. The van der Waals surface area contributed by atoms with Crippen molar-refractivity contribution in [2.45, 2.75) is 37.3 Å². The first-order valence-corrected chi connectivity index (χ1v) is 5.96. The van der Waals surface area contributed by atoms with E-state index in [0.29, 0.717) is 6.04 Å². The van der Waals surface area contributed by atoms with E-state index in [4.69, 9.17) is 4.74 Å². The zero-order valence-electron chi connectivity index (χ0n) is 10.3. The summed E-state index contributed by atoms with van der Waals surface area (Å²) in [5, 5.41) is 3.15. The van der Waals surface area contributed by atoms with Crippen LogP contribution in [0.3, 0.4) is 0 Å². The van der Waals surface area contributed by atoms with E-state index in [1.54, 1.807) is 6.20 Å². The van der Waals surface area contributed by atoms with E-state index >= 15 is 0 Å². The molecule has 1 aromatic rings. The van der Waals surface area contributed by atoms with Gasteiger partial charge in [0.15, 0.2) is 0 Å². The first-order valence-electron chi connectivity index (χ1n) is 5.96. The van der Waals surface area contributed by atoms with Crippen LogP contribution < -0.4 is 5.32 Å². The lowest BCUT2D eigenvalue weighted by Gasteiger charge is -2.38. The summed E-state index contributed by atoms with van der Waals surface area (Å²) in [6.07, 6.45) is 9.22. The maximum atomic E-state index is 11.9. The van der Waals surface area contributed by atoms with E-state index in [-0.39, 0.29) is 5.97 Å². The average molecular weight is 237 g/mol. The second-order valence-corrected chi connectivity index (χ2v) is 4.58. The number of hydrogen-bond acceptors (Lipinski definition) is 4. The maximum Gasteiger partial charge on any atom is 0.326 e. The Morgan fingerprint density at radius 2 is 2.47 bits per heavy atom. The van der Waals surface area contributed by atoms with Gasteiger partial charge in [0.1, 0.15) is 5.54 Å². The number of imidazole rings is 1. The molecular formula is C12H19N3O2. The second kappa shape index (κ2) is 4.87. The van der Waals surface area contributed by atoms with Gasteiger partial charge < -0.3 is 14.6 Å². The molecule has 2 atom stereocenters. The van der Waals surface area contributed by atoms with Crippen molar-refractivity contribution in [2.75, 3.05) is 14.2 Å². The lowest BCUT2D eigenvalue weighted by Crippen LogP contribution is -2.54. The Hall–Kier alpha value is -1.36. The Bertz CT molecular complexity index is 377. The summed E-state index contributed by atoms with van der Waals surface area (Å²) in [6, 6.07) is 0.317. The predicted molar refractivity (Wildman–Crippen MR) is 63.5 cm³/mol. The van der Waals surface area contributed by atoms with Gasteiger partial charge in [-0.1, -0.05) is 0 Å². The molecule has 1 aliphatic rings. The molecule has 1 aliphatic carbocycles. The van der Waals surface area contributed by atoms with Gasteiger partial charge in [0, 0.05) is 18.4 Å². The lowest BCUT2D eigenvalue weighted by atomic mass is 9.79. The third-order valence-corrected chi connectivity index (χ3v) is 3.73. The van der Waals surface area contributed by atoms with Gasteiger partial charge in [-0.15, -0.1) is 0 Å². The Labute approximate surface area is 101 Å². The highest BCUT2D eigenvalue weighted by molar-refractivity contribution is 5.80. The molecule has 1 N–H and O–H groups in total. The molecule has 17 heavy (non-hydrogen) atoms. The number of hydrogen-bond donors (Lipinski definition) is 1. The monoisotopic (exact) mass is 237 g/mol. The van der Waals surface area contributed by atoms with Gasteiger partial charge in [-0.05, 0) is 32.7 Å². The van der Waals surface area contributed by atoms with E-state index in [1.165, 1.54) is 7.11 Å². The summed E-state index contributed by atoms with van der Waals surface area (Å²) in [7, 11) is 3.27. The third kappa shape index (κ3) is 2.20. The molecule has 5 nitrogen and oxygen atoms in total. The van der Waals surface area contributed by atoms with Crippen LogP contribution in [0.2, 0.25) is 0 Å². The molecule has 1 fully saturated rings. The van der Waals surface area contributed by atoms with E-state index < -0.39 is 5.54 Å². The van der Waals surface area contributed by atoms with Crippen LogP contribution in [0.5, 0.6) is 0 Å². The normalized spacial score (nSPS) is 28.9. The molecular weight excluding hydrogens is 218 g/mol. The van der Waals surface area contributed by atoms with E-state index in [2.05, 4.69) is 14.9 Å². The number of carbonyl (C=O) groups is 1. The topological polar surface area (TPSA) is 56.1 Å². The zero-order valence-corrected chi connectivity index (χ0v) is 10.3. The largest absolute Gasteiger partial charge is 0.468 e. The number of esters is 1. The fourth-order valence-electron chi connectivity index (χ4n) is 2.70. The smallest absolute Gasteiger partial charge is 0.326 e. The summed E-state index contributed by atoms with van der Waals surface area (Å²) < 4.78 is 7.00. The number of methoxy groups -OCH3 is 1. The molecule has 1 aromatic heterocycles. The van der Waals surface area contributed by atoms with Gasteiger partial charge in [0.05, 0.1) is 13.4 Å². The van der Waals surface area contributed by atoms with Gasteiger partial charge >= 0.3 is 5.97 Å². The predicted octanol–water partition coefficient (Wildman–Crippen LogP) is 1.13. The SMILES string of the molecule is CNC1(C(=O)OC)CCCC(n2ccnc2)C1. The highest BCUT2D eigenvalue weighted by Gasteiger charge is 2.42. The minimum Gasteiger partial charge on any atom is -0.468 e. The van der Waals surface area contributed by atoms with Crippen LogP contribution in [0.1, 0.15) is 31.7 Å². The van der Waals surface area contributed by atoms with Gasteiger partial charge in [0.2, 0.25) is 0 Å². The van der Waals surface area contributed by atoms with Crippen molar-refractivity contribution < 1.29 is 9.53 Å². The number of aromatic nitrogens is 2. The standard InChI is InChI=1S/C12H19N3O2/c1-13-12(11(16)17-2)5-3-4-10(8-12)15-7-6-14-9-15/h6-7,9-10,13H,3-5,8H2,1-2H3. The molecule has 1 saturated carbocycles. The van der Waals surface area contributed by atoms with Gasteiger partial charge in [-0.25, -0.2) is 4.98 Å². The van der Waals surface area contributed by atoms with Crippen molar-refractivity contribution in [3.8, 4) is 0 Å². The highest BCUT2D eigenvalue weighted by Crippen LogP contribution is 2.35. The second-order valence-electron chi connectivity index (χ2n) is 4.58. The van der Waals surface area contributed by atoms with Gasteiger partial charge in [0.25, 0.3) is 0 Å². The zero-order chi connectivity index (χ0) is 12.3. The van der Waals surface area contributed by atoms with E-state index in [0.717, 1.165) is 25.7 Å². The number of ether oxygens (including phenoxy) is 1. The van der Waals surface area contributed by atoms with Crippen molar-refractivity contribution in [3.05, 3.63) is 18.7 Å². The van der Waals surface area contributed by atoms with Crippen molar-refractivity contribution >= 4 is 5.97 Å². The summed E-state index contributed by atoms with van der Waals surface area (Å²) in [4.78, 5) is 16.0. The molecule has 0 bridgehead atoms. The van der Waals surface area contributed by atoms with Crippen molar-refractivity contribution in [2.24, 2.45) is 0 Å². The fraction of sp³-hybridized carbons (Fsp3) is 0.667. The van der Waals surface area contributed by atoms with Gasteiger partial charge in [-0.3, -0.25) is 4.79 Å². The molecule has 0 aromatic carbocycles. The minimum atomic E-state index is -0.540. The Balaban J connectivity index is 2.17. The molecule has 0 amide bonds. The van der Waals surface area contributed by atoms with Crippen molar-refractivity contribution in [1.82, 2.24) is 14.9 Å². The Morgan fingerprint density at radius 3 is 3.06 bits per heavy atom. The first-order chi connectivity index (χ1) is 8.22. The molecule has 2 rings (SSSR count).